The van der Waals surface area contributed by atoms with Crippen molar-refractivity contribution in [2.75, 3.05) is 27.2 Å². The van der Waals surface area contributed by atoms with E-state index in [0.29, 0.717) is 31.2 Å². The van der Waals surface area contributed by atoms with Gasteiger partial charge in [-0.2, -0.15) is 0 Å². The average Bonchev–Trinajstić information content (AvgIpc) is 2.74. The van der Waals surface area contributed by atoms with E-state index in [4.69, 9.17) is 0 Å². The van der Waals surface area contributed by atoms with Gasteiger partial charge in [0.15, 0.2) is 0 Å². The van der Waals surface area contributed by atoms with E-state index in [1.165, 1.54) is 0 Å². The second-order valence-electron chi connectivity index (χ2n) is 8.17. The van der Waals surface area contributed by atoms with E-state index < -0.39 is 11.6 Å². The van der Waals surface area contributed by atoms with Crippen LogP contribution in [0.25, 0.3) is 0 Å². The minimum atomic E-state index is -0.784. The Bertz CT molecular complexity index is 516. The minimum Gasteiger partial charge on any atom is -0.353 e. The summed E-state index contributed by atoms with van der Waals surface area (Å²) in [6.45, 7) is 6.65. The highest BCUT2D eigenvalue weighted by atomic mass is 16.2. The molecule has 25 heavy (non-hydrogen) atoms. The van der Waals surface area contributed by atoms with Gasteiger partial charge in [-0.1, -0.05) is 20.8 Å². The molecule has 1 aliphatic heterocycles. The fourth-order valence-electron chi connectivity index (χ4n) is 3.85. The van der Waals surface area contributed by atoms with Crippen LogP contribution in [0, 0.1) is 11.8 Å². The van der Waals surface area contributed by atoms with Crippen LogP contribution in [0.1, 0.15) is 46.5 Å². The van der Waals surface area contributed by atoms with E-state index in [9.17, 15) is 14.4 Å². The quantitative estimate of drug-likeness (QED) is 0.704. The summed E-state index contributed by atoms with van der Waals surface area (Å²) < 4.78 is 0. The van der Waals surface area contributed by atoms with Crippen molar-refractivity contribution in [3.05, 3.63) is 0 Å². The fraction of sp³-hybridized carbons (Fsp3) is 0.833. The van der Waals surface area contributed by atoms with E-state index in [1.54, 1.807) is 0 Å². The summed E-state index contributed by atoms with van der Waals surface area (Å²) in [6, 6.07) is -0.235. The highest BCUT2D eigenvalue weighted by molar-refractivity contribution is 6.09. The Balaban J connectivity index is 1.92. The van der Waals surface area contributed by atoms with Gasteiger partial charge in [-0.05, 0) is 51.6 Å². The predicted molar refractivity (Wildman–Crippen MR) is 95.9 cm³/mol. The van der Waals surface area contributed by atoms with Crippen LogP contribution in [0.5, 0.6) is 0 Å². The van der Waals surface area contributed by atoms with Gasteiger partial charge in [0.1, 0.15) is 12.1 Å². The van der Waals surface area contributed by atoms with Gasteiger partial charge in [0, 0.05) is 12.6 Å². The first kappa shape index (κ1) is 19.7. The molecular formula is C18H32N4O3. The van der Waals surface area contributed by atoms with Gasteiger partial charge in [-0.15, -0.1) is 0 Å². The van der Waals surface area contributed by atoms with Crippen molar-refractivity contribution in [3.8, 4) is 0 Å². The van der Waals surface area contributed by atoms with Gasteiger partial charge in [0.2, 0.25) is 5.91 Å². The Labute approximate surface area is 150 Å². The first-order valence-electron chi connectivity index (χ1n) is 9.23. The molecule has 0 aromatic rings. The van der Waals surface area contributed by atoms with E-state index in [-0.39, 0.29) is 24.4 Å². The average molecular weight is 352 g/mol. The molecule has 1 heterocycles. The number of rotatable bonds is 6. The number of nitrogens with one attached hydrogen (secondary N) is 2. The Hall–Kier alpha value is -1.63. The molecule has 1 atom stereocenters. The smallest absolute Gasteiger partial charge is 0.325 e. The second kappa shape index (κ2) is 7.72. The van der Waals surface area contributed by atoms with Crippen molar-refractivity contribution < 1.29 is 14.4 Å². The third-order valence-corrected chi connectivity index (χ3v) is 5.62. The molecule has 1 unspecified atom stereocenters. The van der Waals surface area contributed by atoms with E-state index in [1.807, 2.05) is 14.1 Å². The van der Waals surface area contributed by atoms with Crippen LogP contribution in [0.4, 0.5) is 4.79 Å². The second-order valence-corrected chi connectivity index (χ2v) is 8.17. The Morgan fingerprint density at radius 1 is 1.32 bits per heavy atom. The molecule has 0 radical (unpaired) electrons. The van der Waals surface area contributed by atoms with E-state index in [2.05, 4.69) is 36.3 Å². The largest absolute Gasteiger partial charge is 0.353 e. The molecule has 0 aromatic carbocycles. The zero-order chi connectivity index (χ0) is 18.8. The normalized spacial score (nSPS) is 28.0. The molecular weight excluding hydrogens is 320 g/mol. The first-order chi connectivity index (χ1) is 11.7. The molecule has 1 aliphatic carbocycles. The maximum Gasteiger partial charge on any atom is 0.325 e. The van der Waals surface area contributed by atoms with Crippen molar-refractivity contribution in [1.82, 2.24) is 20.4 Å². The summed E-state index contributed by atoms with van der Waals surface area (Å²) in [5, 5.41) is 5.70. The zero-order valence-corrected chi connectivity index (χ0v) is 16.1. The number of imide groups is 1. The predicted octanol–water partition coefficient (Wildman–Crippen LogP) is 1.19. The van der Waals surface area contributed by atoms with Gasteiger partial charge in [-0.3, -0.25) is 14.5 Å². The fourth-order valence-corrected chi connectivity index (χ4v) is 3.85. The van der Waals surface area contributed by atoms with Crippen molar-refractivity contribution in [3.63, 3.8) is 0 Å². The molecule has 142 valence electrons. The van der Waals surface area contributed by atoms with Crippen molar-refractivity contribution in [1.29, 1.82) is 0 Å². The lowest BCUT2D eigenvalue weighted by Crippen LogP contribution is -2.50. The maximum atomic E-state index is 12.7. The number of likely N-dealkylation sites (N-methyl/N-ethyl adjacent to an activating group) is 1. The van der Waals surface area contributed by atoms with Crippen LogP contribution in [-0.4, -0.2) is 66.4 Å². The van der Waals surface area contributed by atoms with E-state index in [0.717, 1.165) is 17.7 Å². The van der Waals surface area contributed by atoms with Crippen LogP contribution < -0.4 is 10.6 Å². The molecule has 2 fully saturated rings. The summed E-state index contributed by atoms with van der Waals surface area (Å²) in [4.78, 5) is 40.4. The monoisotopic (exact) mass is 352 g/mol. The molecule has 1 saturated heterocycles. The van der Waals surface area contributed by atoms with Crippen LogP contribution in [0.2, 0.25) is 0 Å². The van der Waals surface area contributed by atoms with Crippen LogP contribution in [-0.2, 0) is 9.59 Å². The Kier molecular flexibility index (Phi) is 6.08. The molecule has 2 N–H and O–H groups in total. The number of carbonyl (C=O) groups excluding carboxylic acids is 3. The highest BCUT2D eigenvalue weighted by Gasteiger charge is 2.52. The number of nitrogens with zero attached hydrogens (tertiary/aromatic N) is 2. The third-order valence-electron chi connectivity index (χ3n) is 5.62. The van der Waals surface area contributed by atoms with Crippen molar-refractivity contribution in [2.24, 2.45) is 11.8 Å². The number of amides is 4. The molecule has 1 saturated carbocycles. The van der Waals surface area contributed by atoms with Crippen LogP contribution >= 0.6 is 0 Å². The summed E-state index contributed by atoms with van der Waals surface area (Å²) >= 11 is 0. The Morgan fingerprint density at radius 3 is 2.44 bits per heavy atom. The molecule has 2 rings (SSSR count). The zero-order valence-electron chi connectivity index (χ0n) is 16.1. The van der Waals surface area contributed by atoms with Gasteiger partial charge in [0.25, 0.3) is 5.91 Å². The SMILES string of the molecule is CC1CCC2(CC1)NC(=O)N(CC(=O)NCC(C(C)C)N(C)C)C2=O. The molecule has 7 heteroatoms. The molecule has 2 aliphatic rings. The topological polar surface area (TPSA) is 81.8 Å². The van der Waals surface area contributed by atoms with Gasteiger partial charge >= 0.3 is 6.03 Å². The lowest BCUT2D eigenvalue weighted by atomic mass is 9.77. The standard InChI is InChI=1S/C18H32N4O3/c1-12(2)14(21(4)5)10-19-15(23)11-22-16(24)18(20-17(22)25)8-6-13(3)7-9-18/h12-14H,6-11H2,1-5H3,(H,19,23)(H,20,25). The molecule has 4 amide bonds. The Morgan fingerprint density at radius 2 is 1.92 bits per heavy atom. The third kappa shape index (κ3) is 4.32. The molecule has 1 spiro atoms. The minimum absolute atomic E-state index is 0.207. The molecule has 0 bridgehead atoms. The molecule has 7 nitrogen and oxygen atoms in total. The molecule has 0 aromatic heterocycles. The summed E-state index contributed by atoms with van der Waals surface area (Å²) in [5.41, 5.74) is -0.784. The summed E-state index contributed by atoms with van der Waals surface area (Å²) in [6.07, 6.45) is 3.16. The maximum absolute atomic E-state index is 12.7. The van der Waals surface area contributed by atoms with E-state index >= 15 is 0 Å². The lowest BCUT2D eigenvalue weighted by Gasteiger charge is -2.33. The first-order valence-corrected chi connectivity index (χ1v) is 9.23. The van der Waals surface area contributed by atoms with Crippen LogP contribution in [0.3, 0.4) is 0 Å². The van der Waals surface area contributed by atoms with Gasteiger partial charge in [0.05, 0.1) is 0 Å². The van der Waals surface area contributed by atoms with Gasteiger partial charge in [-0.25, -0.2) is 4.79 Å². The van der Waals surface area contributed by atoms with Gasteiger partial charge < -0.3 is 15.5 Å². The van der Waals surface area contributed by atoms with Crippen molar-refractivity contribution >= 4 is 17.8 Å². The highest BCUT2D eigenvalue weighted by Crippen LogP contribution is 2.36. The number of hydrogen-bond donors (Lipinski definition) is 2. The number of urea groups is 1. The van der Waals surface area contributed by atoms with Crippen molar-refractivity contribution in [2.45, 2.75) is 58.0 Å². The van der Waals surface area contributed by atoms with Crippen LogP contribution in [0.15, 0.2) is 0 Å². The summed E-state index contributed by atoms with van der Waals surface area (Å²) in [7, 11) is 3.95. The lowest BCUT2D eigenvalue weighted by molar-refractivity contribution is -0.136. The number of hydrogen-bond acceptors (Lipinski definition) is 4. The summed E-state index contributed by atoms with van der Waals surface area (Å²) in [5.74, 6) is 0.427. The number of carbonyl (C=O) groups is 3.